The van der Waals surface area contributed by atoms with E-state index in [0.717, 1.165) is 4.31 Å². The Morgan fingerprint density at radius 2 is 2.10 bits per heavy atom. The number of aryl methyl sites for hydroxylation is 2. The van der Waals surface area contributed by atoms with E-state index in [9.17, 15) is 26.4 Å². The fourth-order valence-electron chi connectivity index (χ4n) is 3.61. The lowest BCUT2D eigenvalue weighted by Crippen LogP contribution is -2.48. The first-order valence-electron chi connectivity index (χ1n) is 9.30. The first kappa shape index (κ1) is 22.3. The third kappa shape index (κ3) is 4.86. The van der Waals surface area contributed by atoms with Crippen molar-refractivity contribution in [3.05, 3.63) is 35.6 Å². The lowest BCUT2D eigenvalue weighted by Gasteiger charge is -2.34. The summed E-state index contributed by atoms with van der Waals surface area (Å²) in [5, 5.41) is 3.65. The van der Waals surface area contributed by atoms with Crippen LogP contribution in [0.3, 0.4) is 0 Å². The lowest BCUT2D eigenvalue weighted by molar-refractivity contribution is -0.166. The van der Waals surface area contributed by atoms with Gasteiger partial charge in [-0.1, -0.05) is 5.16 Å². The molecule has 30 heavy (non-hydrogen) atoms. The Kier molecular flexibility index (Phi) is 6.27. The van der Waals surface area contributed by atoms with Gasteiger partial charge >= 0.3 is 6.18 Å². The molecule has 1 unspecified atom stereocenters. The predicted molar refractivity (Wildman–Crippen MR) is 97.6 cm³/mol. The first-order valence-corrected chi connectivity index (χ1v) is 10.7. The van der Waals surface area contributed by atoms with Gasteiger partial charge in [-0.15, -0.1) is 0 Å². The van der Waals surface area contributed by atoms with Gasteiger partial charge in [0, 0.05) is 13.1 Å². The Morgan fingerprint density at radius 3 is 2.67 bits per heavy atom. The number of sulfonamides is 1. The molecule has 1 aliphatic heterocycles. The van der Waals surface area contributed by atoms with Crippen LogP contribution in [0.15, 0.2) is 32.2 Å². The highest BCUT2D eigenvalue weighted by Crippen LogP contribution is 2.29. The van der Waals surface area contributed by atoms with Crippen LogP contribution in [0.5, 0.6) is 0 Å². The summed E-state index contributed by atoms with van der Waals surface area (Å²) < 4.78 is 76.3. The fourth-order valence-corrected chi connectivity index (χ4v) is 5.43. The zero-order valence-electron chi connectivity index (χ0n) is 16.5. The van der Waals surface area contributed by atoms with Gasteiger partial charge in [0.05, 0.1) is 18.7 Å². The normalized spacial score (nSPS) is 18.5. The van der Waals surface area contributed by atoms with Gasteiger partial charge in [-0.2, -0.15) is 17.5 Å². The molecule has 2 aromatic heterocycles. The molecule has 1 atom stereocenters. The Labute approximate surface area is 171 Å². The minimum atomic E-state index is -4.60. The number of piperidine rings is 1. The molecule has 166 valence electrons. The van der Waals surface area contributed by atoms with Crippen molar-refractivity contribution in [2.45, 2.75) is 44.3 Å². The molecule has 3 rings (SSSR count). The summed E-state index contributed by atoms with van der Waals surface area (Å²) in [5.41, 5.74) is 0.192. The number of amides is 1. The minimum Gasteiger partial charge on any atom is -0.467 e. The van der Waals surface area contributed by atoms with Gasteiger partial charge in [0.2, 0.25) is 15.9 Å². The summed E-state index contributed by atoms with van der Waals surface area (Å²) in [6.07, 6.45) is -2.65. The molecular formula is C18H22F3N3O5S. The minimum absolute atomic E-state index is 0.0710. The van der Waals surface area contributed by atoms with Crippen LogP contribution in [0.4, 0.5) is 13.2 Å². The Balaban J connectivity index is 1.80. The van der Waals surface area contributed by atoms with E-state index < -0.39 is 34.6 Å². The SMILES string of the molecule is Cc1noc(C)c1S(=O)(=O)N1CCCC(C(=O)N(Cc2ccco2)CC(F)(F)F)C1. The highest BCUT2D eigenvalue weighted by molar-refractivity contribution is 7.89. The third-order valence-electron chi connectivity index (χ3n) is 4.91. The third-order valence-corrected chi connectivity index (χ3v) is 7.02. The van der Waals surface area contributed by atoms with Crippen LogP contribution in [0.2, 0.25) is 0 Å². The van der Waals surface area contributed by atoms with Crippen molar-refractivity contribution in [1.29, 1.82) is 0 Å². The summed E-state index contributed by atoms with van der Waals surface area (Å²) in [4.78, 5) is 13.5. The molecule has 3 heterocycles. The molecule has 12 heteroatoms. The molecule has 1 saturated heterocycles. The number of carbonyl (C=O) groups is 1. The summed E-state index contributed by atoms with van der Waals surface area (Å²) in [7, 11) is -3.99. The van der Waals surface area contributed by atoms with E-state index in [1.807, 2.05) is 0 Å². The molecule has 8 nitrogen and oxygen atoms in total. The number of hydrogen-bond donors (Lipinski definition) is 0. The van der Waals surface area contributed by atoms with E-state index in [2.05, 4.69) is 5.16 Å². The van der Waals surface area contributed by atoms with E-state index in [1.54, 1.807) is 0 Å². The largest absolute Gasteiger partial charge is 0.467 e. The van der Waals surface area contributed by atoms with E-state index >= 15 is 0 Å². The topological polar surface area (TPSA) is 96.9 Å². The van der Waals surface area contributed by atoms with Gasteiger partial charge in [-0.05, 0) is 38.8 Å². The monoisotopic (exact) mass is 449 g/mol. The molecule has 1 fully saturated rings. The molecule has 0 N–H and O–H groups in total. The van der Waals surface area contributed by atoms with Crippen LogP contribution in [0.25, 0.3) is 0 Å². The molecule has 1 amide bonds. The van der Waals surface area contributed by atoms with E-state index in [0.29, 0.717) is 17.7 Å². The average Bonchev–Trinajstić information content (AvgIpc) is 3.29. The van der Waals surface area contributed by atoms with Gasteiger partial charge < -0.3 is 13.8 Å². The van der Waals surface area contributed by atoms with Crippen LogP contribution in [-0.4, -0.2) is 54.5 Å². The Morgan fingerprint density at radius 1 is 1.37 bits per heavy atom. The van der Waals surface area contributed by atoms with Crippen LogP contribution >= 0.6 is 0 Å². The predicted octanol–water partition coefficient (Wildman–Crippen LogP) is 2.88. The Bertz CT molecular complexity index is 966. The van der Waals surface area contributed by atoms with Crippen molar-refractivity contribution >= 4 is 15.9 Å². The molecule has 0 aromatic carbocycles. The second kappa shape index (κ2) is 8.42. The first-order chi connectivity index (χ1) is 14.0. The fraction of sp³-hybridized carbons (Fsp3) is 0.556. The number of halogens is 3. The van der Waals surface area contributed by atoms with Crippen molar-refractivity contribution in [2.24, 2.45) is 5.92 Å². The highest BCUT2D eigenvalue weighted by atomic mass is 32.2. The average molecular weight is 449 g/mol. The maximum absolute atomic E-state index is 13.1. The van der Waals surface area contributed by atoms with Crippen molar-refractivity contribution in [1.82, 2.24) is 14.4 Å². The molecule has 0 saturated carbocycles. The number of furan rings is 1. The zero-order chi connectivity index (χ0) is 22.1. The molecule has 0 bridgehead atoms. The number of aromatic nitrogens is 1. The van der Waals surface area contributed by atoms with Crippen molar-refractivity contribution < 1.29 is 35.3 Å². The maximum Gasteiger partial charge on any atom is 0.406 e. The summed E-state index contributed by atoms with van der Waals surface area (Å²) in [6, 6.07) is 3.00. The summed E-state index contributed by atoms with van der Waals surface area (Å²) >= 11 is 0. The van der Waals surface area contributed by atoms with Crippen molar-refractivity contribution in [2.75, 3.05) is 19.6 Å². The molecule has 0 spiro atoms. The van der Waals surface area contributed by atoms with Crippen LogP contribution < -0.4 is 0 Å². The molecule has 1 aliphatic rings. The van der Waals surface area contributed by atoms with Crippen molar-refractivity contribution in [3.8, 4) is 0 Å². The molecule has 0 aliphatic carbocycles. The zero-order valence-corrected chi connectivity index (χ0v) is 17.3. The standard InChI is InChI=1S/C18H22F3N3O5S/c1-12-16(13(2)29-22-12)30(26,27)24-7-3-5-14(9-24)17(25)23(11-18(19,20)21)10-15-6-4-8-28-15/h4,6,8,14H,3,5,7,9-11H2,1-2H3. The highest BCUT2D eigenvalue weighted by Gasteiger charge is 2.40. The van der Waals surface area contributed by atoms with E-state index in [4.69, 9.17) is 8.94 Å². The number of rotatable bonds is 6. The van der Waals surface area contributed by atoms with Crippen LogP contribution in [-0.2, 0) is 21.4 Å². The Hall–Kier alpha value is -2.34. The van der Waals surface area contributed by atoms with Gasteiger partial charge in [-0.3, -0.25) is 4.79 Å². The van der Waals surface area contributed by atoms with Gasteiger partial charge in [0.1, 0.15) is 22.9 Å². The second-order valence-electron chi connectivity index (χ2n) is 7.24. The van der Waals surface area contributed by atoms with Gasteiger partial charge in [0.25, 0.3) is 0 Å². The van der Waals surface area contributed by atoms with Gasteiger partial charge in [0.15, 0.2) is 5.76 Å². The maximum atomic E-state index is 13.1. The smallest absolute Gasteiger partial charge is 0.406 e. The summed E-state index contributed by atoms with van der Waals surface area (Å²) in [5.74, 6) is -1.32. The quantitative estimate of drug-likeness (QED) is 0.673. The van der Waals surface area contributed by atoms with Crippen LogP contribution in [0, 0.1) is 19.8 Å². The second-order valence-corrected chi connectivity index (χ2v) is 9.12. The number of nitrogens with zero attached hydrogens (tertiary/aromatic N) is 3. The van der Waals surface area contributed by atoms with E-state index in [1.165, 1.54) is 32.2 Å². The molecular weight excluding hydrogens is 427 g/mol. The van der Waals surface area contributed by atoms with Gasteiger partial charge in [-0.25, -0.2) is 8.42 Å². The van der Waals surface area contributed by atoms with E-state index in [-0.39, 0.29) is 41.7 Å². The number of hydrogen-bond acceptors (Lipinski definition) is 6. The lowest BCUT2D eigenvalue weighted by atomic mass is 9.98. The van der Waals surface area contributed by atoms with Crippen molar-refractivity contribution in [3.63, 3.8) is 0 Å². The van der Waals surface area contributed by atoms with Crippen LogP contribution in [0.1, 0.15) is 30.1 Å². The number of carbonyl (C=O) groups excluding carboxylic acids is 1. The molecule has 0 radical (unpaired) electrons. The summed E-state index contributed by atoms with van der Waals surface area (Å²) in [6.45, 7) is 1.11. The number of alkyl halides is 3. The molecule has 2 aromatic rings.